The van der Waals surface area contributed by atoms with E-state index in [2.05, 4.69) is 43.5 Å². The van der Waals surface area contributed by atoms with Crippen molar-refractivity contribution >= 4 is 11.9 Å². The van der Waals surface area contributed by atoms with E-state index in [1.54, 1.807) is 6.08 Å². The Morgan fingerprint density at radius 2 is 0.680 bits per heavy atom. The summed E-state index contributed by atoms with van der Waals surface area (Å²) in [6.45, 7) is 4.88. The first-order valence-electron chi connectivity index (χ1n) is 33.8. The second-order valence-corrected chi connectivity index (χ2v) is 23.2. The SMILES string of the molecule is CCCC/C=C\C/C=C\CCCCCCCC(=O)OCCCCCCCCCCCCCCCCCCCCCCC(=O)NC(CO)C(O)/C=C/CCCCCCCCCCCCCCCCCCCCCCCC. The fourth-order valence-corrected chi connectivity index (χ4v) is 10.5. The Morgan fingerprint density at radius 1 is 0.373 bits per heavy atom. The molecule has 6 heteroatoms. The highest BCUT2D eigenvalue weighted by Crippen LogP contribution is 2.18. The van der Waals surface area contributed by atoms with E-state index in [1.807, 2.05) is 6.08 Å². The lowest BCUT2D eigenvalue weighted by Gasteiger charge is -2.20. The summed E-state index contributed by atoms with van der Waals surface area (Å²) in [7, 11) is 0. The Bertz CT molecular complexity index is 1210. The van der Waals surface area contributed by atoms with Crippen LogP contribution >= 0.6 is 0 Å². The highest BCUT2D eigenvalue weighted by molar-refractivity contribution is 5.76. The Hall–Kier alpha value is -1.92. The van der Waals surface area contributed by atoms with Crippen molar-refractivity contribution in [2.45, 2.75) is 379 Å². The summed E-state index contributed by atoms with van der Waals surface area (Å²) < 4.78 is 5.48. The lowest BCUT2D eigenvalue weighted by Crippen LogP contribution is -2.45. The molecule has 6 nitrogen and oxygen atoms in total. The number of hydrogen-bond acceptors (Lipinski definition) is 5. The number of ether oxygens (including phenoxy) is 1. The zero-order valence-corrected chi connectivity index (χ0v) is 50.5. The molecule has 0 aliphatic rings. The average Bonchev–Trinajstić information content (AvgIpc) is 3.41. The average molecular weight is 1050 g/mol. The molecule has 0 spiro atoms. The van der Waals surface area contributed by atoms with Crippen molar-refractivity contribution in [3.63, 3.8) is 0 Å². The quantitative estimate of drug-likeness (QED) is 0.0320. The number of nitrogens with one attached hydrogen (secondary N) is 1. The van der Waals surface area contributed by atoms with E-state index in [0.29, 0.717) is 19.4 Å². The molecule has 0 aliphatic carbocycles. The number of amides is 1. The van der Waals surface area contributed by atoms with Crippen molar-refractivity contribution in [3.8, 4) is 0 Å². The van der Waals surface area contributed by atoms with E-state index in [0.717, 1.165) is 51.4 Å². The highest BCUT2D eigenvalue weighted by Gasteiger charge is 2.18. The third-order valence-corrected chi connectivity index (χ3v) is 15.7. The molecule has 442 valence electrons. The first-order chi connectivity index (χ1) is 37.0. The Balaban J connectivity index is 3.43. The molecule has 0 aromatic rings. The Kier molecular flexibility index (Phi) is 63.0. The summed E-state index contributed by atoms with van der Waals surface area (Å²) in [5.41, 5.74) is 0. The molecule has 75 heavy (non-hydrogen) atoms. The second-order valence-electron chi connectivity index (χ2n) is 23.2. The summed E-state index contributed by atoms with van der Waals surface area (Å²) >= 11 is 0. The van der Waals surface area contributed by atoms with Gasteiger partial charge in [0.25, 0.3) is 0 Å². The van der Waals surface area contributed by atoms with Gasteiger partial charge in [-0.05, 0) is 57.8 Å². The van der Waals surface area contributed by atoms with Gasteiger partial charge in [0.15, 0.2) is 0 Å². The van der Waals surface area contributed by atoms with Gasteiger partial charge < -0.3 is 20.3 Å². The van der Waals surface area contributed by atoms with E-state index >= 15 is 0 Å². The van der Waals surface area contributed by atoms with Crippen molar-refractivity contribution in [1.82, 2.24) is 5.32 Å². The standard InChI is InChI=1S/C69H131NO5/c1-3-5-7-9-11-13-15-17-19-20-21-22-23-24-25-28-31-34-37-41-45-49-53-57-61-67(72)66(65-71)70-68(73)62-58-54-50-46-42-38-35-32-29-26-27-30-33-36-40-44-48-52-56-60-64-75-69(74)63-59-55-51-47-43-39-18-16-14-12-10-8-6-4-2/h10,12,16,18,57,61,66-67,71-72H,3-9,11,13-15,17,19-56,58-60,62-65H2,1-2H3,(H,70,73)/b12-10-,18-16-,61-57+. The zero-order valence-electron chi connectivity index (χ0n) is 50.5. The fraction of sp³-hybridized carbons (Fsp3) is 0.884. The van der Waals surface area contributed by atoms with Crippen molar-refractivity contribution in [2.75, 3.05) is 13.2 Å². The van der Waals surface area contributed by atoms with E-state index in [9.17, 15) is 19.8 Å². The normalized spacial score (nSPS) is 12.7. The third kappa shape index (κ3) is 61.2. The first-order valence-corrected chi connectivity index (χ1v) is 33.8. The molecule has 0 rings (SSSR count). The fourth-order valence-electron chi connectivity index (χ4n) is 10.5. The van der Waals surface area contributed by atoms with Gasteiger partial charge in [-0.3, -0.25) is 9.59 Å². The molecular formula is C69H131NO5. The zero-order chi connectivity index (χ0) is 54.3. The van der Waals surface area contributed by atoms with Crippen LogP contribution in [0.25, 0.3) is 0 Å². The Labute approximate surface area is 468 Å². The van der Waals surface area contributed by atoms with Crippen LogP contribution in [-0.4, -0.2) is 47.4 Å². The summed E-state index contributed by atoms with van der Waals surface area (Å²) in [5.74, 6) is -0.0707. The number of aliphatic hydroxyl groups excluding tert-OH is 2. The molecule has 0 aromatic carbocycles. The molecule has 0 aliphatic heterocycles. The topological polar surface area (TPSA) is 95.9 Å². The minimum Gasteiger partial charge on any atom is -0.466 e. The molecule has 0 heterocycles. The van der Waals surface area contributed by atoms with Crippen molar-refractivity contribution < 1.29 is 24.5 Å². The molecule has 2 atom stereocenters. The van der Waals surface area contributed by atoms with Crippen LogP contribution in [0.4, 0.5) is 0 Å². The number of carbonyl (C=O) groups is 2. The van der Waals surface area contributed by atoms with E-state index in [4.69, 9.17) is 4.74 Å². The number of allylic oxidation sites excluding steroid dienone is 5. The maximum Gasteiger partial charge on any atom is 0.305 e. The number of aliphatic hydroxyl groups is 2. The van der Waals surface area contributed by atoms with E-state index in [-0.39, 0.29) is 18.5 Å². The number of esters is 1. The molecule has 0 aromatic heterocycles. The lowest BCUT2D eigenvalue weighted by molar-refractivity contribution is -0.143. The van der Waals surface area contributed by atoms with Gasteiger partial charge in [-0.15, -0.1) is 0 Å². The van der Waals surface area contributed by atoms with Gasteiger partial charge in [0.05, 0.1) is 25.4 Å². The van der Waals surface area contributed by atoms with Crippen LogP contribution in [0.2, 0.25) is 0 Å². The van der Waals surface area contributed by atoms with Gasteiger partial charge in [0.2, 0.25) is 5.91 Å². The van der Waals surface area contributed by atoms with Crippen LogP contribution in [0.15, 0.2) is 36.5 Å². The number of carbonyl (C=O) groups excluding carboxylic acids is 2. The van der Waals surface area contributed by atoms with E-state index in [1.165, 1.54) is 289 Å². The third-order valence-electron chi connectivity index (χ3n) is 15.7. The van der Waals surface area contributed by atoms with Crippen molar-refractivity contribution in [2.24, 2.45) is 0 Å². The van der Waals surface area contributed by atoms with Gasteiger partial charge in [0.1, 0.15) is 0 Å². The summed E-state index contributed by atoms with van der Waals surface area (Å²) in [5, 5.41) is 23.3. The smallest absolute Gasteiger partial charge is 0.305 e. The van der Waals surface area contributed by atoms with Gasteiger partial charge in [-0.25, -0.2) is 0 Å². The monoisotopic (exact) mass is 1050 g/mol. The molecular weight excluding hydrogens is 923 g/mol. The van der Waals surface area contributed by atoms with Crippen LogP contribution in [0.3, 0.4) is 0 Å². The minimum atomic E-state index is -0.848. The molecule has 0 saturated carbocycles. The maximum absolute atomic E-state index is 12.5. The second kappa shape index (κ2) is 64.6. The molecule has 0 radical (unpaired) electrons. The molecule has 3 N–H and O–H groups in total. The lowest BCUT2D eigenvalue weighted by atomic mass is 10.0. The summed E-state index contributed by atoms with van der Waals surface area (Å²) in [6, 6.07) is -0.631. The predicted octanol–water partition coefficient (Wildman–Crippen LogP) is 21.5. The highest BCUT2D eigenvalue weighted by atomic mass is 16.5. The number of unbranched alkanes of at least 4 members (excludes halogenated alkanes) is 48. The molecule has 2 unspecified atom stereocenters. The molecule has 0 bridgehead atoms. The van der Waals surface area contributed by atoms with Gasteiger partial charge in [-0.2, -0.15) is 0 Å². The maximum atomic E-state index is 12.5. The van der Waals surface area contributed by atoms with Gasteiger partial charge in [0, 0.05) is 12.8 Å². The largest absolute Gasteiger partial charge is 0.466 e. The first kappa shape index (κ1) is 73.1. The van der Waals surface area contributed by atoms with Gasteiger partial charge >= 0.3 is 5.97 Å². The van der Waals surface area contributed by atoms with Crippen molar-refractivity contribution in [3.05, 3.63) is 36.5 Å². The molecule has 1 amide bonds. The molecule has 0 saturated heterocycles. The van der Waals surface area contributed by atoms with Crippen LogP contribution in [0.1, 0.15) is 367 Å². The number of rotatable bonds is 63. The number of hydrogen-bond donors (Lipinski definition) is 3. The van der Waals surface area contributed by atoms with Gasteiger partial charge in [-0.1, -0.05) is 333 Å². The minimum absolute atomic E-state index is 0.00421. The van der Waals surface area contributed by atoms with E-state index < -0.39 is 12.1 Å². The van der Waals surface area contributed by atoms with Crippen LogP contribution < -0.4 is 5.32 Å². The Morgan fingerprint density at radius 3 is 1.05 bits per heavy atom. The van der Waals surface area contributed by atoms with Crippen LogP contribution in [-0.2, 0) is 14.3 Å². The predicted molar refractivity (Wildman–Crippen MR) is 329 cm³/mol. The van der Waals surface area contributed by atoms with Crippen LogP contribution in [0.5, 0.6) is 0 Å². The summed E-state index contributed by atoms with van der Waals surface area (Å²) in [4.78, 5) is 24.6. The van der Waals surface area contributed by atoms with Crippen molar-refractivity contribution in [1.29, 1.82) is 0 Å². The van der Waals surface area contributed by atoms with Crippen LogP contribution in [0, 0.1) is 0 Å². The summed E-state index contributed by atoms with van der Waals surface area (Å²) in [6.07, 6.45) is 82.0. The molecule has 0 fully saturated rings.